The SMILES string of the molecule is CC(Oc1ccccc1F)C(=O)N(Cc1ccc(Cl)cc1)C1CCS(=O)(=O)C1. The first-order valence-electron chi connectivity index (χ1n) is 8.92. The highest BCUT2D eigenvalue weighted by Gasteiger charge is 2.36. The molecular weight excluding hydrogens is 405 g/mol. The van der Waals surface area contributed by atoms with E-state index >= 15 is 0 Å². The number of rotatable bonds is 6. The van der Waals surface area contributed by atoms with Crippen molar-refractivity contribution >= 4 is 27.3 Å². The molecular formula is C20H21ClFNO4S. The summed E-state index contributed by atoms with van der Waals surface area (Å²) in [6, 6.07) is 12.4. The molecule has 3 rings (SSSR count). The first kappa shape index (κ1) is 20.6. The molecule has 150 valence electrons. The number of carbonyl (C=O) groups is 1. The van der Waals surface area contributed by atoms with E-state index in [1.165, 1.54) is 30.0 Å². The number of sulfone groups is 1. The maximum absolute atomic E-state index is 13.9. The fourth-order valence-electron chi connectivity index (χ4n) is 3.21. The Balaban J connectivity index is 1.81. The predicted molar refractivity (Wildman–Crippen MR) is 106 cm³/mol. The largest absolute Gasteiger partial charge is 0.478 e. The quantitative estimate of drug-likeness (QED) is 0.711. The van der Waals surface area contributed by atoms with Crippen molar-refractivity contribution in [3.05, 3.63) is 64.9 Å². The van der Waals surface area contributed by atoms with Crippen LogP contribution >= 0.6 is 11.6 Å². The fourth-order valence-corrected chi connectivity index (χ4v) is 5.07. The van der Waals surface area contributed by atoms with Crippen LogP contribution in [0.1, 0.15) is 18.9 Å². The molecule has 1 saturated heterocycles. The molecule has 28 heavy (non-hydrogen) atoms. The van der Waals surface area contributed by atoms with E-state index in [0.29, 0.717) is 11.4 Å². The van der Waals surface area contributed by atoms with Crippen molar-refractivity contribution in [3.63, 3.8) is 0 Å². The monoisotopic (exact) mass is 425 g/mol. The maximum atomic E-state index is 13.9. The van der Waals surface area contributed by atoms with E-state index < -0.39 is 27.8 Å². The molecule has 1 amide bonds. The van der Waals surface area contributed by atoms with Gasteiger partial charge in [-0.05, 0) is 43.2 Å². The minimum Gasteiger partial charge on any atom is -0.478 e. The van der Waals surface area contributed by atoms with E-state index in [-0.39, 0.29) is 29.7 Å². The molecule has 1 aliphatic rings. The average molecular weight is 426 g/mol. The topological polar surface area (TPSA) is 63.7 Å². The van der Waals surface area contributed by atoms with Gasteiger partial charge in [-0.3, -0.25) is 4.79 Å². The van der Waals surface area contributed by atoms with Crippen molar-refractivity contribution in [2.24, 2.45) is 0 Å². The second-order valence-electron chi connectivity index (χ2n) is 6.84. The lowest BCUT2D eigenvalue weighted by Gasteiger charge is -2.31. The van der Waals surface area contributed by atoms with Crippen LogP contribution in [0.25, 0.3) is 0 Å². The lowest BCUT2D eigenvalue weighted by Crippen LogP contribution is -2.46. The zero-order valence-corrected chi connectivity index (χ0v) is 16.9. The first-order chi connectivity index (χ1) is 13.2. The molecule has 2 aromatic rings. The molecule has 8 heteroatoms. The molecule has 0 spiro atoms. The second kappa shape index (κ2) is 8.49. The van der Waals surface area contributed by atoms with Crippen LogP contribution in [-0.2, 0) is 21.2 Å². The summed E-state index contributed by atoms with van der Waals surface area (Å²) in [4.78, 5) is 14.6. The minimum atomic E-state index is -3.18. The molecule has 0 saturated carbocycles. The van der Waals surface area contributed by atoms with Crippen LogP contribution in [0.5, 0.6) is 5.75 Å². The smallest absolute Gasteiger partial charge is 0.263 e. The van der Waals surface area contributed by atoms with Crippen LogP contribution in [0.4, 0.5) is 4.39 Å². The van der Waals surface area contributed by atoms with Gasteiger partial charge in [0.15, 0.2) is 27.5 Å². The Morgan fingerprint density at radius 2 is 1.93 bits per heavy atom. The number of amides is 1. The van der Waals surface area contributed by atoms with Gasteiger partial charge in [-0.25, -0.2) is 12.8 Å². The molecule has 0 radical (unpaired) electrons. The van der Waals surface area contributed by atoms with Gasteiger partial charge < -0.3 is 9.64 Å². The zero-order chi connectivity index (χ0) is 20.3. The number of para-hydroxylation sites is 1. The molecule has 0 N–H and O–H groups in total. The van der Waals surface area contributed by atoms with Crippen LogP contribution in [0.3, 0.4) is 0 Å². The van der Waals surface area contributed by atoms with Gasteiger partial charge in [-0.15, -0.1) is 0 Å². The highest BCUT2D eigenvalue weighted by Crippen LogP contribution is 2.24. The Labute approximate surface area is 169 Å². The van der Waals surface area contributed by atoms with Gasteiger partial charge in [0.05, 0.1) is 11.5 Å². The van der Waals surface area contributed by atoms with E-state index in [1.807, 2.05) is 0 Å². The Kier molecular flexibility index (Phi) is 6.25. The third-order valence-corrected chi connectivity index (χ3v) is 6.69. The number of nitrogens with zero attached hydrogens (tertiary/aromatic N) is 1. The summed E-state index contributed by atoms with van der Waals surface area (Å²) in [5.74, 6) is -1.01. The summed E-state index contributed by atoms with van der Waals surface area (Å²) in [5.41, 5.74) is 0.820. The highest BCUT2D eigenvalue weighted by atomic mass is 35.5. The molecule has 2 atom stereocenters. The average Bonchev–Trinajstić information content (AvgIpc) is 3.02. The van der Waals surface area contributed by atoms with Gasteiger partial charge in [0.2, 0.25) is 0 Å². The van der Waals surface area contributed by atoms with Crippen LogP contribution in [0.15, 0.2) is 48.5 Å². The van der Waals surface area contributed by atoms with Crippen LogP contribution in [0.2, 0.25) is 5.02 Å². The molecule has 0 aliphatic carbocycles. The Hall–Kier alpha value is -2.12. The molecule has 1 fully saturated rings. The zero-order valence-electron chi connectivity index (χ0n) is 15.3. The molecule has 1 aliphatic heterocycles. The normalized spacial score (nSPS) is 19.2. The number of hydrogen-bond acceptors (Lipinski definition) is 4. The van der Waals surface area contributed by atoms with Crippen molar-refractivity contribution in [2.45, 2.75) is 32.0 Å². The standard InChI is InChI=1S/C20H21ClFNO4S/c1-14(27-19-5-3-2-4-18(19)22)20(24)23(17-10-11-28(25,26)13-17)12-15-6-8-16(21)9-7-15/h2-9,14,17H,10-13H2,1H3. The lowest BCUT2D eigenvalue weighted by molar-refractivity contribution is -0.140. The number of hydrogen-bond donors (Lipinski definition) is 0. The van der Waals surface area contributed by atoms with Crippen molar-refractivity contribution in [3.8, 4) is 5.75 Å². The van der Waals surface area contributed by atoms with Gasteiger partial charge in [-0.1, -0.05) is 35.9 Å². The maximum Gasteiger partial charge on any atom is 0.263 e. The molecule has 2 aromatic carbocycles. The summed E-state index contributed by atoms with van der Waals surface area (Å²) in [7, 11) is -3.18. The highest BCUT2D eigenvalue weighted by molar-refractivity contribution is 7.91. The Morgan fingerprint density at radius 3 is 2.54 bits per heavy atom. The van der Waals surface area contributed by atoms with Gasteiger partial charge in [0.25, 0.3) is 5.91 Å². The van der Waals surface area contributed by atoms with Gasteiger partial charge >= 0.3 is 0 Å². The number of benzene rings is 2. The van der Waals surface area contributed by atoms with Gasteiger partial charge in [0.1, 0.15) is 0 Å². The van der Waals surface area contributed by atoms with Crippen LogP contribution < -0.4 is 4.74 Å². The van der Waals surface area contributed by atoms with E-state index in [9.17, 15) is 17.6 Å². The van der Waals surface area contributed by atoms with Crippen molar-refractivity contribution < 1.29 is 22.3 Å². The third kappa shape index (κ3) is 5.02. The minimum absolute atomic E-state index is 0.0196. The van der Waals surface area contributed by atoms with Gasteiger partial charge in [-0.2, -0.15) is 0 Å². The van der Waals surface area contributed by atoms with Gasteiger partial charge in [0, 0.05) is 17.6 Å². The number of carbonyl (C=O) groups excluding carboxylic acids is 1. The molecule has 1 heterocycles. The van der Waals surface area contributed by atoms with E-state index in [1.54, 1.807) is 30.3 Å². The summed E-state index contributed by atoms with van der Waals surface area (Å²) >= 11 is 5.92. The summed E-state index contributed by atoms with van der Waals surface area (Å²) in [6.45, 7) is 1.76. The predicted octanol–water partition coefficient (Wildman–Crippen LogP) is 3.46. The van der Waals surface area contributed by atoms with Crippen molar-refractivity contribution in [1.82, 2.24) is 4.90 Å². The van der Waals surface area contributed by atoms with E-state index in [2.05, 4.69) is 0 Å². The summed E-state index contributed by atoms with van der Waals surface area (Å²) in [5, 5.41) is 0.571. The third-order valence-electron chi connectivity index (χ3n) is 4.69. The van der Waals surface area contributed by atoms with Crippen LogP contribution in [0, 0.1) is 5.82 Å². The Bertz CT molecular complexity index is 949. The lowest BCUT2D eigenvalue weighted by atomic mass is 10.1. The molecule has 0 bridgehead atoms. The van der Waals surface area contributed by atoms with E-state index in [4.69, 9.17) is 16.3 Å². The summed E-state index contributed by atoms with van der Waals surface area (Å²) in [6.07, 6.45) is -0.596. The Morgan fingerprint density at radius 1 is 1.25 bits per heavy atom. The van der Waals surface area contributed by atoms with E-state index in [0.717, 1.165) is 5.56 Å². The molecule has 2 unspecified atom stereocenters. The fraction of sp³-hybridized carbons (Fsp3) is 0.350. The number of halogens is 2. The summed E-state index contributed by atoms with van der Waals surface area (Å²) < 4.78 is 43.2. The molecule has 0 aromatic heterocycles. The number of ether oxygens (including phenoxy) is 1. The second-order valence-corrected chi connectivity index (χ2v) is 9.51. The van der Waals surface area contributed by atoms with Crippen molar-refractivity contribution in [1.29, 1.82) is 0 Å². The first-order valence-corrected chi connectivity index (χ1v) is 11.1. The van der Waals surface area contributed by atoms with Crippen LogP contribution in [-0.4, -0.2) is 42.9 Å². The molecule has 5 nitrogen and oxygen atoms in total. The van der Waals surface area contributed by atoms with Crippen molar-refractivity contribution in [2.75, 3.05) is 11.5 Å².